The molecule has 3 heterocycles. The molecule has 1 aromatic carbocycles. The SMILES string of the molecule is O=C(c1ccc(-c2ccco2)[nH]c1=O)N1CCC[C@@H]1Cc1ccccc1. The standard InChI is InChI=1S/C21H20N2O3/c24-20-17(10-11-18(22-20)19-9-5-13-26-19)21(25)23-12-4-8-16(23)14-15-6-2-1-3-7-15/h1-3,5-7,9-11,13,16H,4,8,12,14H2,(H,22,24)/t16-/m1/s1. The number of aromatic amines is 1. The van der Waals surface area contributed by atoms with Gasteiger partial charge in [0.05, 0.1) is 12.0 Å². The van der Waals surface area contributed by atoms with Gasteiger partial charge in [-0.05, 0) is 49.1 Å². The Morgan fingerprint density at radius 1 is 1.12 bits per heavy atom. The lowest BCUT2D eigenvalue weighted by Gasteiger charge is -2.24. The summed E-state index contributed by atoms with van der Waals surface area (Å²) in [6.45, 7) is 0.690. The van der Waals surface area contributed by atoms with Crippen molar-refractivity contribution in [2.45, 2.75) is 25.3 Å². The van der Waals surface area contributed by atoms with Crippen LogP contribution in [0.4, 0.5) is 0 Å². The van der Waals surface area contributed by atoms with E-state index < -0.39 is 0 Å². The second-order valence-electron chi connectivity index (χ2n) is 6.58. The first kappa shape index (κ1) is 16.4. The van der Waals surface area contributed by atoms with Gasteiger partial charge in [-0.25, -0.2) is 0 Å². The number of carbonyl (C=O) groups is 1. The van der Waals surface area contributed by atoms with Crippen LogP contribution < -0.4 is 5.56 Å². The molecule has 26 heavy (non-hydrogen) atoms. The van der Waals surface area contributed by atoms with Crippen LogP contribution >= 0.6 is 0 Å². The molecular weight excluding hydrogens is 328 g/mol. The summed E-state index contributed by atoms with van der Waals surface area (Å²) in [5.41, 5.74) is 1.58. The number of amides is 1. The molecule has 0 unspecified atom stereocenters. The highest BCUT2D eigenvalue weighted by Crippen LogP contribution is 2.23. The maximum absolute atomic E-state index is 12.9. The fourth-order valence-electron chi connectivity index (χ4n) is 3.57. The normalized spacial score (nSPS) is 16.8. The molecule has 2 aromatic heterocycles. The number of nitrogens with one attached hydrogen (secondary N) is 1. The van der Waals surface area contributed by atoms with Crippen LogP contribution in [-0.2, 0) is 6.42 Å². The third-order valence-corrected chi connectivity index (χ3v) is 4.88. The first-order valence-corrected chi connectivity index (χ1v) is 8.84. The average Bonchev–Trinajstić information content (AvgIpc) is 3.34. The van der Waals surface area contributed by atoms with Crippen LogP contribution in [-0.4, -0.2) is 28.4 Å². The summed E-state index contributed by atoms with van der Waals surface area (Å²) >= 11 is 0. The molecule has 1 saturated heterocycles. The quantitative estimate of drug-likeness (QED) is 0.785. The summed E-state index contributed by atoms with van der Waals surface area (Å²) in [4.78, 5) is 30.0. The zero-order chi connectivity index (χ0) is 17.9. The number of rotatable bonds is 4. The van der Waals surface area contributed by atoms with Crippen molar-refractivity contribution in [3.8, 4) is 11.5 Å². The van der Waals surface area contributed by atoms with E-state index in [0.29, 0.717) is 18.0 Å². The summed E-state index contributed by atoms with van der Waals surface area (Å²) in [5.74, 6) is 0.375. The first-order valence-electron chi connectivity index (χ1n) is 8.84. The molecule has 0 bridgehead atoms. The number of hydrogen-bond donors (Lipinski definition) is 1. The van der Waals surface area contributed by atoms with Crippen molar-refractivity contribution in [3.63, 3.8) is 0 Å². The van der Waals surface area contributed by atoms with Gasteiger partial charge >= 0.3 is 0 Å². The van der Waals surface area contributed by atoms with E-state index in [1.165, 1.54) is 5.56 Å². The van der Waals surface area contributed by atoms with Gasteiger partial charge in [0.15, 0.2) is 0 Å². The Hall–Kier alpha value is -3.08. The highest BCUT2D eigenvalue weighted by molar-refractivity contribution is 5.94. The average molecular weight is 348 g/mol. The van der Waals surface area contributed by atoms with Crippen molar-refractivity contribution >= 4 is 5.91 Å². The minimum Gasteiger partial charge on any atom is -0.463 e. The number of pyridine rings is 1. The summed E-state index contributed by atoms with van der Waals surface area (Å²) in [5, 5.41) is 0. The molecule has 0 aliphatic carbocycles. The molecule has 0 saturated carbocycles. The van der Waals surface area contributed by atoms with Gasteiger partial charge in [-0.15, -0.1) is 0 Å². The van der Waals surface area contributed by atoms with Crippen molar-refractivity contribution in [1.29, 1.82) is 0 Å². The lowest BCUT2D eigenvalue weighted by atomic mass is 10.0. The Labute approximate surface area is 151 Å². The third kappa shape index (κ3) is 3.20. The molecular formula is C21H20N2O3. The Morgan fingerprint density at radius 2 is 1.96 bits per heavy atom. The summed E-state index contributed by atoms with van der Waals surface area (Å²) in [7, 11) is 0. The minimum absolute atomic E-state index is 0.133. The van der Waals surface area contributed by atoms with E-state index in [-0.39, 0.29) is 23.1 Å². The molecule has 1 aliphatic rings. The number of H-pyrrole nitrogens is 1. The van der Waals surface area contributed by atoms with Crippen LogP contribution in [0.3, 0.4) is 0 Å². The van der Waals surface area contributed by atoms with Crippen LogP contribution in [0, 0.1) is 0 Å². The van der Waals surface area contributed by atoms with E-state index in [1.54, 1.807) is 30.5 Å². The highest BCUT2D eigenvalue weighted by Gasteiger charge is 2.30. The van der Waals surface area contributed by atoms with E-state index >= 15 is 0 Å². The molecule has 0 spiro atoms. The third-order valence-electron chi connectivity index (χ3n) is 4.88. The monoisotopic (exact) mass is 348 g/mol. The molecule has 5 heteroatoms. The molecule has 5 nitrogen and oxygen atoms in total. The van der Waals surface area contributed by atoms with Crippen LogP contribution in [0.25, 0.3) is 11.5 Å². The van der Waals surface area contributed by atoms with E-state index in [4.69, 9.17) is 4.42 Å². The molecule has 3 aromatic rings. The van der Waals surface area contributed by atoms with Crippen molar-refractivity contribution in [2.75, 3.05) is 6.54 Å². The van der Waals surface area contributed by atoms with Crippen LogP contribution in [0.2, 0.25) is 0 Å². The predicted molar refractivity (Wildman–Crippen MR) is 99.0 cm³/mol. The summed E-state index contributed by atoms with van der Waals surface area (Å²) in [6.07, 6.45) is 4.29. The first-order chi connectivity index (χ1) is 12.7. The number of aromatic nitrogens is 1. The van der Waals surface area contributed by atoms with Crippen LogP contribution in [0.1, 0.15) is 28.8 Å². The second kappa shape index (κ2) is 7.04. The van der Waals surface area contributed by atoms with Crippen molar-refractivity contribution < 1.29 is 9.21 Å². The second-order valence-corrected chi connectivity index (χ2v) is 6.58. The fourth-order valence-corrected chi connectivity index (χ4v) is 3.57. The number of likely N-dealkylation sites (tertiary alicyclic amines) is 1. The fraction of sp³-hybridized carbons (Fsp3) is 0.238. The number of hydrogen-bond acceptors (Lipinski definition) is 3. The molecule has 1 N–H and O–H groups in total. The van der Waals surface area contributed by atoms with Gasteiger partial charge in [-0.2, -0.15) is 0 Å². The molecule has 1 fully saturated rings. The largest absolute Gasteiger partial charge is 0.463 e. The van der Waals surface area contributed by atoms with E-state index in [0.717, 1.165) is 19.3 Å². The lowest BCUT2D eigenvalue weighted by Crippen LogP contribution is -2.39. The molecule has 132 valence electrons. The topological polar surface area (TPSA) is 66.3 Å². The molecule has 1 amide bonds. The molecule has 0 radical (unpaired) electrons. The maximum atomic E-state index is 12.9. The van der Waals surface area contributed by atoms with Gasteiger partial charge in [-0.1, -0.05) is 30.3 Å². The number of nitrogens with zero attached hydrogens (tertiary/aromatic N) is 1. The van der Waals surface area contributed by atoms with Gasteiger partial charge in [-0.3, -0.25) is 9.59 Å². The number of benzene rings is 1. The van der Waals surface area contributed by atoms with Crippen molar-refractivity contribution in [3.05, 3.63) is 82.3 Å². The molecule has 1 atom stereocenters. The summed E-state index contributed by atoms with van der Waals surface area (Å²) in [6, 6.07) is 17.1. The summed E-state index contributed by atoms with van der Waals surface area (Å²) < 4.78 is 5.29. The van der Waals surface area contributed by atoms with Crippen molar-refractivity contribution in [2.24, 2.45) is 0 Å². The van der Waals surface area contributed by atoms with Gasteiger partial charge in [0.1, 0.15) is 11.3 Å². The van der Waals surface area contributed by atoms with E-state index in [1.807, 2.05) is 23.1 Å². The van der Waals surface area contributed by atoms with Crippen LogP contribution in [0.5, 0.6) is 0 Å². The van der Waals surface area contributed by atoms with Crippen LogP contribution in [0.15, 0.2) is 70.1 Å². The van der Waals surface area contributed by atoms with E-state index in [9.17, 15) is 9.59 Å². The van der Waals surface area contributed by atoms with Gasteiger partial charge in [0.2, 0.25) is 0 Å². The Bertz CT molecular complexity index is 945. The predicted octanol–water partition coefficient (Wildman–Crippen LogP) is 3.48. The zero-order valence-corrected chi connectivity index (χ0v) is 14.4. The number of carbonyl (C=O) groups excluding carboxylic acids is 1. The Morgan fingerprint density at radius 3 is 2.69 bits per heavy atom. The zero-order valence-electron chi connectivity index (χ0n) is 14.4. The Balaban J connectivity index is 1.56. The number of furan rings is 1. The van der Waals surface area contributed by atoms with Gasteiger partial charge < -0.3 is 14.3 Å². The van der Waals surface area contributed by atoms with Gasteiger partial charge in [0, 0.05) is 12.6 Å². The van der Waals surface area contributed by atoms with Crippen molar-refractivity contribution in [1.82, 2.24) is 9.88 Å². The van der Waals surface area contributed by atoms with E-state index in [2.05, 4.69) is 17.1 Å². The van der Waals surface area contributed by atoms with Gasteiger partial charge in [0.25, 0.3) is 11.5 Å². The highest BCUT2D eigenvalue weighted by atomic mass is 16.3. The smallest absolute Gasteiger partial charge is 0.261 e. The molecule has 4 rings (SSSR count). The lowest BCUT2D eigenvalue weighted by molar-refractivity contribution is 0.0734. The molecule has 1 aliphatic heterocycles. The minimum atomic E-state index is -0.380. The Kier molecular flexibility index (Phi) is 4.44. The maximum Gasteiger partial charge on any atom is 0.261 e.